The highest BCUT2D eigenvalue weighted by atomic mass is 19.4. The van der Waals surface area contributed by atoms with Crippen molar-refractivity contribution in [3.05, 3.63) is 42.1 Å². The molecule has 1 aliphatic rings. The molecule has 1 aromatic carbocycles. The summed E-state index contributed by atoms with van der Waals surface area (Å²) in [6.45, 7) is 3.23. The van der Waals surface area contributed by atoms with Crippen LogP contribution in [0.5, 0.6) is 0 Å². The first-order valence-electron chi connectivity index (χ1n) is 6.84. The highest BCUT2D eigenvalue weighted by Gasteiger charge is 2.33. The Bertz CT molecular complexity index is 672. The van der Waals surface area contributed by atoms with E-state index >= 15 is 0 Å². The zero-order valence-electron chi connectivity index (χ0n) is 12.2. The average Bonchev–Trinajstić information content (AvgIpc) is 2.46. The summed E-state index contributed by atoms with van der Waals surface area (Å²) in [4.78, 5) is 19.8. The molecule has 1 unspecified atom stereocenters. The smallest absolute Gasteiger partial charge is 0.293 e. The molecule has 1 heterocycles. The van der Waals surface area contributed by atoms with Gasteiger partial charge in [-0.3, -0.25) is 14.8 Å². The van der Waals surface area contributed by atoms with Crippen LogP contribution in [0, 0.1) is 5.92 Å². The number of rotatable bonds is 3. The van der Waals surface area contributed by atoms with E-state index in [1.807, 2.05) is 6.92 Å². The molecule has 22 heavy (non-hydrogen) atoms. The first kappa shape index (κ1) is 16.1. The fraction of sp³-hybridized carbons (Fsp3) is 0.312. The van der Waals surface area contributed by atoms with Gasteiger partial charge in [-0.2, -0.15) is 13.2 Å². The maximum absolute atomic E-state index is 13.0. The van der Waals surface area contributed by atoms with E-state index in [0.29, 0.717) is 17.8 Å². The van der Waals surface area contributed by atoms with Crippen molar-refractivity contribution in [1.29, 1.82) is 0 Å². The summed E-state index contributed by atoms with van der Waals surface area (Å²) in [5.74, 6) is -0.586. The van der Waals surface area contributed by atoms with Gasteiger partial charge in [0.25, 0.3) is 0 Å². The van der Waals surface area contributed by atoms with Crippen LogP contribution in [0.1, 0.15) is 25.8 Å². The first-order chi connectivity index (χ1) is 10.3. The van der Waals surface area contributed by atoms with Crippen LogP contribution in [0.4, 0.5) is 18.9 Å². The third-order valence-electron chi connectivity index (χ3n) is 3.37. The van der Waals surface area contributed by atoms with Crippen molar-refractivity contribution in [2.24, 2.45) is 15.9 Å². The number of allylic oxidation sites excluding steroid dienone is 1. The van der Waals surface area contributed by atoms with Crippen molar-refractivity contribution in [3.63, 3.8) is 0 Å². The second-order valence-corrected chi connectivity index (χ2v) is 4.90. The quantitative estimate of drug-likeness (QED) is 0.818. The molecule has 2 rings (SSSR count). The molecule has 1 aliphatic heterocycles. The fourth-order valence-electron chi connectivity index (χ4n) is 2.34. The molecule has 0 radical (unpaired) electrons. The van der Waals surface area contributed by atoms with Crippen molar-refractivity contribution < 1.29 is 18.0 Å². The molecule has 0 aromatic heterocycles. The molecule has 0 bridgehead atoms. The molecule has 1 aromatic rings. The molecule has 0 fully saturated rings. The summed E-state index contributed by atoms with van der Waals surface area (Å²) in [6, 6.07) is 5.13. The SMILES string of the molecule is CCC1C(=Nc2ccccc2C(F)(F)F)C=CN=C1C(C)=O. The number of benzene rings is 1. The predicted octanol–water partition coefficient (Wildman–Crippen LogP) is 4.36. The summed E-state index contributed by atoms with van der Waals surface area (Å²) in [5, 5.41) is 0. The molecule has 0 spiro atoms. The lowest BCUT2D eigenvalue weighted by atomic mass is 9.90. The number of hydrogen-bond donors (Lipinski definition) is 0. The van der Waals surface area contributed by atoms with E-state index in [1.165, 1.54) is 31.3 Å². The predicted molar refractivity (Wildman–Crippen MR) is 79.6 cm³/mol. The van der Waals surface area contributed by atoms with Gasteiger partial charge in [0.15, 0.2) is 5.78 Å². The Kier molecular flexibility index (Phi) is 4.59. The van der Waals surface area contributed by atoms with E-state index in [1.54, 1.807) is 6.08 Å². The van der Waals surface area contributed by atoms with Crippen LogP contribution in [-0.4, -0.2) is 17.2 Å². The first-order valence-corrected chi connectivity index (χ1v) is 6.84. The number of hydrogen-bond acceptors (Lipinski definition) is 3. The molecular formula is C16H15F3N2O. The highest BCUT2D eigenvalue weighted by molar-refractivity contribution is 6.44. The van der Waals surface area contributed by atoms with Crippen LogP contribution in [0.3, 0.4) is 0 Å². The topological polar surface area (TPSA) is 41.8 Å². The second-order valence-electron chi connectivity index (χ2n) is 4.90. The zero-order valence-corrected chi connectivity index (χ0v) is 12.2. The van der Waals surface area contributed by atoms with Crippen LogP contribution in [0.15, 0.2) is 46.5 Å². The largest absolute Gasteiger partial charge is 0.418 e. The maximum Gasteiger partial charge on any atom is 0.418 e. The Balaban J connectivity index is 2.48. The lowest BCUT2D eigenvalue weighted by molar-refractivity contribution is -0.137. The third-order valence-corrected chi connectivity index (χ3v) is 3.37. The van der Waals surface area contributed by atoms with Gasteiger partial charge in [-0.15, -0.1) is 0 Å². The van der Waals surface area contributed by atoms with Crippen molar-refractivity contribution >= 4 is 22.9 Å². The number of aliphatic imine (C=N–C) groups is 2. The molecule has 0 saturated heterocycles. The van der Waals surface area contributed by atoms with Gasteiger partial charge in [0.2, 0.25) is 0 Å². The number of carbonyl (C=O) groups is 1. The lowest BCUT2D eigenvalue weighted by Gasteiger charge is -2.19. The average molecular weight is 308 g/mol. The number of halogens is 3. The van der Waals surface area contributed by atoms with E-state index in [4.69, 9.17) is 0 Å². The van der Waals surface area contributed by atoms with Gasteiger partial charge >= 0.3 is 6.18 Å². The van der Waals surface area contributed by atoms with Gasteiger partial charge in [0.1, 0.15) is 0 Å². The molecular weight excluding hydrogens is 293 g/mol. The summed E-state index contributed by atoms with van der Waals surface area (Å²) in [5.41, 5.74) is -0.205. The number of ketones is 1. The number of nitrogens with zero attached hydrogens (tertiary/aromatic N) is 2. The molecule has 0 amide bonds. The number of Topliss-reactive ketones (excluding diaryl/α,β-unsaturated/α-hetero) is 1. The number of alkyl halides is 3. The number of para-hydroxylation sites is 1. The third kappa shape index (κ3) is 3.32. The minimum absolute atomic E-state index is 0.155. The Hall–Kier alpha value is -2.24. The van der Waals surface area contributed by atoms with E-state index in [0.717, 1.165) is 6.07 Å². The van der Waals surface area contributed by atoms with Crippen LogP contribution >= 0.6 is 0 Å². The van der Waals surface area contributed by atoms with Crippen LogP contribution in [-0.2, 0) is 11.0 Å². The highest BCUT2D eigenvalue weighted by Crippen LogP contribution is 2.36. The van der Waals surface area contributed by atoms with Crippen LogP contribution in [0.25, 0.3) is 0 Å². The standard InChI is InChI=1S/C16H15F3N2O/c1-3-11-13(8-9-20-15(11)10(2)22)21-14-7-5-4-6-12(14)16(17,18)19/h4-9,11H,3H2,1-2H3. The van der Waals surface area contributed by atoms with Gasteiger partial charge in [-0.25, -0.2) is 0 Å². The van der Waals surface area contributed by atoms with Gasteiger partial charge in [-0.1, -0.05) is 19.1 Å². The van der Waals surface area contributed by atoms with Crippen molar-refractivity contribution in [2.75, 3.05) is 0 Å². The van der Waals surface area contributed by atoms with E-state index in [9.17, 15) is 18.0 Å². The van der Waals surface area contributed by atoms with Crippen molar-refractivity contribution in [1.82, 2.24) is 0 Å². The Morgan fingerprint density at radius 3 is 2.59 bits per heavy atom. The Morgan fingerprint density at radius 2 is 2.00 bits per heavy atom. The second kappa shape index (κ2) is 6.25. The minimum atomic E-state index is -4.47. The van der Waals surface area contributed by atoms with Crippen LogP contribution < -0.4 is 0 Å². The molecule has 0 aliphatic carbocycles. The molecule has 1 atom stereocenters. The van der Waals surface area contributed by atoms with E-state index < -0.39 is 11.7 Å². The summed E-state index contributed by atoms with van der Waals surface area (Å²) >= 11 is 0. The van der Waals surface area contributed by atoms with Gasteiger partial charge in [0.05, 0.1) is 22.7 Å². The number of carbonyl (C=O) groups excluding carboxylic acids is 1. The van der Waals surface area contributed by atoms with Gasteiger partial charge in [0, 0.05) is 19.0 Å². The maximum atomic E-state index is 13.0. The lowest BCUT2D eigenvalue weighted by Crippen LogP contribution is -2.29. The molecule has 3 nitrogen and oxygen atoms in total. The normalized spacial score (nSPS) is 20.1. The monoisotopic (exact) mass is 308 g/mol. The molecule has 0 N–H and O–H groups in total. The zero-order chi connectivity index (χ0) is 16.3. The van der Waals surface area contributed by atoms with Gasteiger partial charge < -0.3 is 0 Å². The summed E-state index contributed by atoms with van der Waals surface area (Å²) in [7, 11) is 0. The molecule has 6 heteroatoms. The Labute approximate surface area is 126 Å². The van der Waals surface area contributed by atoms with Crippen molar-refractivity contribution in [3.8, 4) is 0 Å². The molecule has 0 saturated carbocycles. The van der Waals surface area contributed by atoms with Gasteiger partial charge in [-0.05, 0) is 24.6 Å². The van der Waals surface area contributed by atoms with E-state index in [2.05, 4.69) is 9.98 Å². The Morgan fingerprint density at radius 1 is 1.32 bits per heavy atom. The summed E-state index contributed by atoms with van der Waals surface area (Å²) < 4.78 is 39.1. The molecule has 116 valence electrons. The van der Waals surface area contributed by atoms with Crippen LogP contribution in [0.2, 0.25) is 0 Å². The van der Waals surface area contributed by atoms with E-state index in [-0.39, 0.29) is 17.4 Å². The minimum Gasteiger partial charge on any atom is -0.293 e. The van der Waals surface area contributed by atoms with Crippen molar-refractivity contribution in [2.45, 2.75) is 26.4 Å². The fourth-order valence-corrected chi connectivity index (χ4v) is 2.34. The summed E-state index contributed by atoms with van der Waals surface area (Å²) in [6.07, 6.45) is -0.986.